The number of rotatable bonds is 5. The molecule has 2 atom stereocenters. The molecular weight excluding hydrogens is 284 g/mol. The SMILES string of the molecule is CC(O)CCN(C)C(=O)C1CCCCN1C(=O)c1ccco1. The average molecular weight is 308 g/mol. The quantitative estimate of drug-likeness (QED) is 0.894. The van der Waals surface area contributed by atoms with E-state index in [2.05, 4.69) is 0 Å². The summed E-state index contributed by atoms with van der Waals surface area (Å²) in [5.41, 5.74) is 0. The highest BCUT2D eigenvalue weighted by Gasteiger charge is 2.35. The molecule has 22 heavy (non-hydrogen) atoms. The largest absolute Gasteiger partial charge is 0.459 e. The van der Waals surface area contributed by atoms with Crippen LogP contribution >= 0.6 is 0 Å². The van der Waals surface area contributed by atoms with Gasteiger partial charge >= 0.3 is 0 Å². The van der Waals surface area contributed by atoms with Crippen LogP contribution in [0, 0.1) is 0 Å². The van der Waals surface area contributed by atoms with E-state index < -0.39 is 12.1 Å². The summed E-state index contributed by atoms with van der Waals surface area (Å²) in [4.78, 5) is 28.3. The highest BCUT2D eigenvalue weighted by Crippen LogP contribution is 2.21. The summed E-state index contributed by atoms with van der Waals surface area (Å²) >= 11 is 0. The number of nitrogens with zero attached hydrogens (tertiary/aromatic N) is 2. The Morgan fingerprint density at radius 2 is 2.27 bits per heavy atom. The van der Waals surface area contributed by atoms with Crippen LogP contribution in [0.3, 0.4) is 0 Å². The fourth-order valence-corrected chi connectivity index (χ4v) is 2.72. The fraction of sp³-hybridized carbons (Fsp3) is 0.625. The number of amides is 2. The van der Waals surface area contributed by atoms with Crippen molar-refractivity contribution in [1.29, 1.82) is 0 Å². The lowest BCUT2D eigenvalue weighted by Gasteiger charge is -2.36. The van der Waals surface area contributed by atoms with Gasteiger partial charge in [0.2, 0.25) is 5.91 Å². The third-order valence-corrected chi connectivity index (χ3v) is 4.04. The third kappa shape index (κ3) is 3.88. The second-order valence-corrected chi connectivity index (χ2v) is 5.88. The molecule has 1 aliphatic rings. The van der Waals surface area contributed by atoms with E-state index >= 15 is 0 Å². The Morgan fingerprint density at radius 3 is 2.91 bits per heavy atom. The number of likely N-dealkylation sites (tertiary alicyclic amines) is 1. The number of piperidine rings is 1. The molecular formula is C16H24N2O4. The van der Waals surface area contributed by atoms with Gasteiger partial charge in [-0.05, 0) is 44.7 Å². The summed E-state index contributed by atoms with van der Waals surface area (Å²) < 4.78 is 5.17. The van der Waals surface area contributed by atoms with E-state index in [0.717, 1.165) is 12.8 Å². The normalized spacial score (nSPS) is 19.8. The van der Waals surface area contributed by atoms with E-state index in [-0.39, 0.29) is 17.6 Å². The van der Waals surface area contributed by atoms with Crippen molar-refractivity contribution in [2.24, 2.45) is 0 Å². The fourth-order valence-electron chi connectivity index (χ4n) is 2.72. The van der Waals surface area contributed by atoms with Crippen LogP contribution in [0.1, 0.15) is 43.2 Å². The third-order valence-electron chi connectivity index (χ3n) is 4.04. The number of carbonyl (C=O) groups is 2. The van der Waals surface area contributed by atoms with Gasteiger partial charge in [0.15, 0.2) is 5.76 Å². The maximum absolute atomic E-state index is 12.6. The molecule has 2 rings (SSSR count). The van der Waals surface area contributed by atoms with Crippen LogP contribution in [0.2, 0.25) is 0 Å². The molecule has 0 aliphatic carbocycles. The van der Waals surface area contributed by atoms with Crippen molar-refractivity contribution in [3.8, 4) is 0 Å². The van der Waals surface area contributed by atoms with Gasteiger partial charge in [0.1, 0.15) is 6.04 Å². The van der Waals surface area contributed by atoms with E-state index in [1.165, 1.54) is 6.26 Å². The zero-order valence-corrected chi connectivity index (χ0v) is 13.2. The molecule has 2 unspecified atom stereocenters. The topological polar surface area (TPSA) is 74.0 Å². The van der Waals surface area contributed by atoms with Gasteiger partial charge in [-0.25, -0.2) is 0 Å². The number of furan rings is 1. The molecule has 1 aliphatic heterocycles. The van der Waals surface area contributed by atoms with Gasteiger partial charge in [0.05, 0.1) is 12.4 Å². The molecule has 6 heteroatoms. The molecule has 1 fully saturated rings. The van der Waals surface area contributed by atoms with Crippen molar-refractivity contribution < 1.29 is 19.1 Å². The number of likely N-dealkylation sites (N-methyl/N-ethyl adjacent to an activating group) is 1. The first-order chi connectivity index (χ1) is 10.5. The second-order valence-electron chi connectivity index (χ2n) is 5.88. The van der Waals surface area contributed by atoms with Crippen LogP contribution in [-0.4, -0.2) is 59.0 Å². The van der Waals surface area contributed by atoms with Crippen molar-refractivity contribution >= 4 is 11.8 Å². The van der Waals surface area contributed by atoms with E-state index in [1.807, 2.05) is 0 Å². The Hall–Kier alpha value is -1.82. The van der Waals surface area contributed by atoms with Crippen LogP contribution in [0.15, 0.2) is 22.8 Å². The second kappa shape index (κ2) is 7.45. The molecule has 1 N–H and O–H groups in total. The number of aliphatic hydroxyl groups is 1. The molecule has 0 bridgehead atoms. The number of hydrogen-bond acceptors (Lipinski definition) is 4. The Labute approximate surface area is 130 Å². The van der Waals surface area contributed by atoms with Gasteiger partial charge < -0.3 is 19.3 Å². The minimum Gasteiger partial charge on any atom is -0.459 e. The highest BCUT2D eigenvalue weighted by atomic mass is 16.3. The van der Waals surface area contributed by atoms with Crippen LogP contribution in [0.25, 0.3) is 0 Å². The standard InChI is InChI=1S/C16H24N2O4/c1-12(19)8-10-17(2)15(20)13-6-3-4-9-18(13)16(21)14-7-5-11-22-14/h5,7,11-13,19H,3-4,6,8-10H2,1-2H3. The first-order valence-electron chi connectivity index (χ1n) is 7.78. The van der Waals surface area contributed by atoms with E-state index in [4.69, 9.17) is 4.42 Å². The maximum Gasteiger partial charge on any atom is 0.290 e. The zero-order chi connectivity index (χ0) is 16.1. The average Bonchev–Trinajstić information content (AvgIpc) is 3.05. The smallest absolute Gasteiger partial charge is 0.290 e. The zero-order valence-electron chi connectivity index (χ0n) is 13.2. The van der Waals surface area contributed by atoms with Gasteiger partial charge in [-0.15, -0.1) is 0 Å². The summed E-state index contributed by atoms with van der Waals surface area (Å²) in [5, 5.41) is 9.34. The maximum atomic E-state index is 12.6. The Balaban J connectivity index is 2.05. The van der Waals surface area contributed by atoms with Crippen LogP contribution in [0.4, 0.5) is 0 Å². The predicted molar refractivity (Wildman–Crippen MR) is 81.3 cm³/mol. The highest BCUT2D eigenvalue weighted by molar-refractivity contribution is 5.95. The molecule has 122 valence electrons. The lowest BCUT2D eigenvalue weighted by Crippen LogP contribution is -2.52. The lowest BCUT2D eigenvalue weighted by molar-refractivity contribution is -0.136. The number of carbonyl (C=O) groups excluding carboxylic acids is 2. The van der Waals surface area contributed by atoms with Crippen molar-refractivity contribution in [2.45, 2.75) is 44.8 Å². The molecule has 0 radical (unpaired) electrons. The molecule has 1 saturated heterocycles. The van der Waals surface area contributed by atoms with Crippen molar-refractivity contribution in [1.82, 2.24) is 9.80 Å². The van der Waals surface area contributed by atoms with E-state index in [1.54, 1.807) is 35.9 Å². The predicted octanol–water partition coefficient (Wildman–Crippen LogP) is 1.50. The van der Waals surface area contributed by atoms with Gasteiger partial charge in [-0.2, -0.15) is 0 Å². The molecule has 0 spiro atoms. The molecule has 2 heterocycles. The van der Waals surface area contributed by atoms with Gasteiger partial charge in [-0.3, -0.25) is 9.59 Å². The lowest BCUT2D eigenvalue weighted by atomic mass is 10.0. The molecule has 1 aromatic rings. The first-order valence-corrected chi connectivity index (χ1v) is 7.78. The van der Waals surface area contributed by atoms with Crippen LogP contribution in [-0.2, 0) is 4.79 Å². The molecule has 2 amide bonds. The molecule has 0 saturated carbocycles. The van der Waals surface area contributed by atoms with Crippen molar-refractivity contribution in [3.63, 3.8) is 0 Å². The van der Waals surface area contributed by atoms with E-state index in [0.29, 0.717) is 25.9 Å². The summed E-state index contributed by atoms with van der Waals surface area (Å²) in [6, 6.07) is 2.85. The van der Waals surface area contributed by atoms with Gasteiger partial charge in [0, 0.05) is 20.1 Å². The van der Waals surface area contributed by atoms with Crippen molar-refractivity contribution in [3.05, 3.63) is 24.2 Å². The first kappa shape index (κ1) is 16.5. The minimum atomic E-state index is -0.442. The van der Waals surface area contributed by atoms with Crippen LogP contribution in [0.5, 0.6) is 0 Å². The Morgan fingerprint density at radius 1 is 1.50 bits per heavy atom. The molecule has 6 nitrogen and oxygen atoms in total. The summed E-state index contributed by atoms with van der Waals surface area (Å²) in [5.74, 6) is -0.0291. The monoisotopic (exact) mass is 308 g/mol. The Bertz CT molecular complexity index is 498. The summed E-state index contributed by atoms with van der Waals surface area (Å²) in [6.07, 6.45) is 4.05. The summed E-state index contributed by atoms with van der Waals surface area (Å²) in [7, 11) is 1.72. The van der Waals surface area contributed by atoms with E-state index in [9.17, 15) is 14.7 Å². The number of hydrogen-bond donors (Lipinski definition) is 1. The summed E-state index contributed by atoms with van der Waals surface area (Å²) in [6.45, 7) is 2.75. The minimum absolute atomic E-state index is 0.0692. The van der Waals surface area contributed by atoms with Gasteiger partial charge in [-0.1, -0.05) is 0 Å². The molecule has 1 aromatic heterocycles. The number of aliphatic hydroxyl groups excluding tert-OH is 1. The van der Waals surface area contributed by atoms with Gasteiger partial charge in [0.25, 0.3) is 5.91 Å². The Kier molecular flexibility index (Phi) is 5.60. The van der Waals surface area contributed by atoms with Crippen LogP contribution < -0.4 is 0 Å². The van der Waals surface area contributed by atoms with Crippen molar-refractivity contribution in [2.75, 3.05) is 20.1 Å². The molecule has 0 aromatic carbocycles.